The highest BCUT2D eigenvalue weighted by Gasteiger charge is 2.44. The summed E-state index contributed by atoms with van der Waals surface area (Å²) in [6.45, 7) is 1.32. The van der Waals surface area contributed by atoms with Gasteiger partial charge >= 0.3 is 0 Å². The normalized spacial score (nSPS) is 18.9. The Hall–Kier alpha value is -3.75. The number of benzene rings is 2. The fourth-order valence-electron chi connectivity index (χ4n) is 3.72. The molecule has 2 aliphatic heterocycles. The predicted octanol–water partition coefficient (Wildman–Crippen LogP) is 4.81. The minimum atomic E-state index is -0.534. The smallest absolute Gasteiger partial charge is 0.272 e. The van der Waals surface area contributed by atoms with Crippen LogP contribution in [0.15, 0.2) is 82.8 Å². The second-order valence-electron chi connectivity index (χ2n) is 7.17. The van der Waals surface area contributed by atoms with Gasteiger partial charge in [-0.3, -0.25) is 19.3 Å². The van der Waals surface area contributed by atoms with Crippen LogP contribution in [0.25, 0.3) is 5.57 Å². The number of hydrogen-bond acceptors (Lipinski definition) is 6. The summed E-state index contributed by atoms with van der Waals surface area (Å²) in [4.78, 5) is 50.5. The molecule has 0 radical (unpaired) electrons. The molecule has 7 nitrogen and oxygen atoms in total. The van der Waals surface area contributed by atoms with E-state index < -0.39 is 17.7 Å². The van der Waals surface area contributed by atoms with Crippen molar-refractivity contribution in [3.05, 3.63) is 88.5 Å². The standard InChI is InChI=1S/C24H15ClN4O3S/c1-14(30)28-18-12-6-5-10-16(18)19(22(28)31)20-23(32)29(15-8-3-2-4-9-15)24(33-20)27-17-11-7-13-26-21(17)25/h2-13H,1H3/b20-19-,27-24?. The van der Waals surface area contributed by atoms with Crippen LogP contribution in [-0.2, 0) is 14.4 Å². The molecule has 0 unspecified atom stereocenters. The molecule has 3 amide bonds. The lowest BCUT2D eigenvalue weighted by Crippen LogP contribution is -2.32. The zero-order chi connectivity index (χ0) is 23.1. The van der Waals surface area contributed by atoms with Crippen molar-refractivity contribution in [2.45, 2.75) is 6.92 Å². The van der Waals surface area contributed by atoms with E-state index in [1.165, 1.54) is 11.8 Å². The van der Waals surface area contributed by atoms with E-state index in [4.69, 9.17) is 11.6 Å². The van der Waals surface area contributed by atoms with Gasteiger partial charge in [-0.2, -0.15) is 0 Å². The highest BCUT2D eigenvalue weighted by Crippen LogP contribution is 2.46. The van der Waals surface area contributed by atoms with Crippen molar-refractivity contribution in [1.29, 1.82) is 0 Å². The summed E-state index contributed by atoms with van der Waals surface area (Å²) < 4.78 is 0. The van der Waals surface area contributed by atoms with Crippen molar-refractivity contribution in [2.24, 2.45) is 4.99 Å². The van der Waals surface area contributed by atoms with Crippen molar-refractivity contribution >= 4 is 68.9 Å². The second kappa shape index (κ2) is 8.31. The molecule has 0 N–H and O–H groups in total. The quantitative estimate of drug-likeness (QED) is 0.393. The lowest BCUT2D eigenvalue weighted by molar-refractivity contribution is -0.122. The molecule has 0 aliphatic carbocycles. The van der Waals surface area contributed by atoms with Crippen molar-refractivity contribution in [2.75, 3.05) is 9.80 Å². The van der Waals surface area contributed by atoms with E-state index in [-0.39, 0.29) is 15.6 Å². The summed E-state index contributed by atoms with van der Waals surface area (Å²) in [6.07, 6.45) is 1.55. The maximum Gasteiger partial charge on any atom is 0.272 e. The van der Waals surface area contributed by atoms with Crippen LogP contribution in [0.2, 0.25) is 5.15 Å². The predicted molar refractivity (Wildman–Crippen MR) is 129 cm³/mol. The molecule has 1 aromatic heterocycles. The number of carbonyl (C=O) groups excluding carboxylic acids is 3. The highest BCUT2D eigenvalue weighted by atomic mass is 35.5. The average molecular weight is 475 g/mol. The van der Waals surface area contributed by atoms with Crippen molar-refractivity contribution in [3.8, 4) is 0 Å². The third-order valence-electron chi connectivity index (χ3n) is 5.13. The Morgan fingerprint density at radius 2 is 1.70 bits per heavy atom. The van der Waals surface area contributed by atoms with Crippen LogP contribution < -0.4 is 9.80 Å². The number of para-hydroxylation sites is 2. The molecule has 33 heavy (non-hydrogen) atoms. The van der Waals surface area contributed by atoms with Crippen LogP contribution in [0.1, 0.15) is 12.5 Å². The molecule has 9 heteroatoms. The molecule has 1 saturated heterocycles. The van der Waals surface area contributed by atoms with Gasteiger partial charge in [0.15, 0.2) is 10.3 Å². The number of amides is 3. The monoisotopic (exact) mass is 474 g/mol. The molecule has 0 atom stereocenters. The fraction of sp³-hybridized carbons (Fsp3) is 0.0417. The third-order valence-corrected chi connectivity index (χ3v) is 6.46. The number of nitrogens with zero attached hydrogens (tertiary/aromatic N) is 4. The van der Waals surface area contributed by atoms with Crippen LogP contribution in [-0.4, -0.2) is 27.9 Å². The fourth-order valence-corrected chi connectivity index (χ4v) is 4.96. The number of amidine groups is 1. The van der Waals surface area contributed by atoms with Gasteiger partial charge in [-0.25, -0.2) is 14.9 Å². The summed E-state index contributed by atoms with van der Waals surface area (Å²) in [5, 5.41) is 0.521. The number of thioether (sulfide) groups is 1. The molecule has 0 bridgehead atoms. The molecule has 1 fully saturated rings. The number of pyridine rings is 1. The third kappa shape index (κ3) is 3.53. The first-order valence-electron chi connectivity index (χ1n) is 9.92. The van der Waals surface area contributed by atoms with Gasteiger partial charge in [0, 0.05) is 18.7 Å². The molecule has 0 spiro atoms. The molecular weight excluding hydrogens is 460 g/mol. The first kappa shape index (κ1) is 21.1. The summed E-state index contributed by atoms with van der Waals surface area (Å²) in [5.74, 6) is -1.36. The van der Waals surface area contributed by atoms with E-state index in [0.717, 1.165) is 16.7 Å². The van der Waals surface area contributed by atoms with Crippen LogP contribution in [0.4, 0.5) is 17.1 Å². The minimum absolute atomic E-state index is 0.180. The van der Waals surface area contributed by atoms with Crippen LogP contribution in [0.3, 0.4) is 0 Å². The van der Waals surface area contributed by atoms with Gasteiger partial charge in [0.2, 0.25) is 5.91 Å². The minimum Gasteiger partial charge on any atom is -0.274 e. The summed E-state index contributed by atoms with van der Waals surface area (Å²) in [5.41, 5.74) is 2.15. The molecule has 3 aromatic rings. The average Bonchev–Trinajstić information content (AvgIpc) is 3.28. The lowest BCUT2D eigenvalue weighted by Gasteiger charge is -2.15. The number of hydrogen-bond donors (Lipinski definition) is 0. The Bertz CT molecular complexity index is 1390. The van der Waals surface area contributed by atoms with E-state index in [2.05, 4.69) is 9.98 Å². The molecule has 162 valence electrons. The van der Waals surface area contributed by atoms with Gasteiger partial charge in [-0.15, -0.1) is 0 Å². The number of aliphatic imine (C=N–C) groups is 1. The summed E-state index contributed by atoms with van der Waals surface area (Å²) in [7, 11) is 0. The van der Waals surface area contributed by atoms with Crippen LogP contribution in [0.5, 0.6) is 0 Å². The Balaban J connectivity index is 1.71. The van der Waals surface area contributed by atoms with E-state index in [1.807, 2.05) is 6.07 Å². The van der Waals surface area contributed by atoms with Gasteiger partial charge in [0.25, 0.3) is 11.8 Å². The first-order chi connectivity index (χ1) is 16.0. The van der Waals surface area contributed by atoms with E-state index >= 15 is 0 Å². The van der Waals surface area contributed by atoms with Gasteiger partial charge in [-0.05, 0) is 42.1 Å². The largest absolute Gasteiger partial charge is 0.274 e. The topological polar surface area (TPSA) is 82.9 Å². The zero-order valence-electron chi connectivity index (χ0n) is 17.2. The summed E-state index contributed by atoms with van der Waals surface area (Å²) in [6, 6.07) is 19.3. The number of halogens is 1. The van der Waals surface area contributed by atoms with Gasteiger partial charge in [0.1, 0.15) is 5.69 Å². The SMILES string of the molecule is CC(=O)N1C(=O)/C(=C2\SC(=Nc3cccnc3Cl)N(c3ccccc3)C2=O)c2ccccc21. The van der Waals surface area contributed by atoms with Crippen LogP contribution in [0, 0.1) is 0 Å². The Kier molecular flexibility index (Phi) is 5.32. The number of fused-ring (bicyclic) bond motifs is 1. The van der Waals surface area contributed by atoms with Gasteiger partial charge < -0.3 is 0 Å². The Labute approximate surface area is 198 Å². The second-order valence-corrected chi connectivity index (χ2v) is 8.50. The molecule has 3 heterocycles. The lowest BCUT2D eigenvalue weighted by atomic mass is 10.1. The van der Waals surface area contributed by atoms with E-state index in [9.17, 15) is 14.4 Å². The molecule has 5 rings (SSSR count). The maximum atomic E-state index is 13.7. The number of rotatable bonds is 2. The van der Waals surface area contributed by atoms with Crippen molar-refractivity contribution in [3.63, 3.8) is 0 Å². The molecule has 0 saturated carbocycles. The van der Waals surface area contributed by atoms with E-state index in [0.29, 0.717) is 27.8 Å². The molecular formula is C24H15ClN4O3S. The molecule has 2 aromatic carbocycles. The van der Waals surface area contributed by atoms with Gasteiger partial charge in [0.05, 0.1) is 21.9 Å². The van der Waals surface area contributed by atoms with Crippen molar-refractivity contribution in [1.82, 2.24) is 4.98 Å². The number of carbonyl (C=O) groups is 3. The zero-order valence-corrected chi connectivity index (χ0v) is 18.8. The maximum absolute atomic E-state index is 13.7. The first-order valence-corrected chi connectivity index (χ1v) is 11.1. The van der Waals surface area contributed by atoms with E-state index in [1.54, 1.807) is 66.9 Å². The highest BCUT2D eigenvalue weighted by molar-refractivity contribution is 8.19. The molecule has 2 aliphatic rings. The van der Waals surface area contributed by atoms with Crippen LogP contribution >= 0.6 is 23.4 Å². The van der Waals surface area contributed by atoms with Crippen molar-refractivity contribution < 1.29 is 14.4 Å². The Morgan fingerprint density at radius 1 is 0.970 bits per heavy atom. The van der Waals surface area contributed by atoms with Gasteiger partial charge in [-0.1, -0.05) is 48.0 Å². The number of anilines is 2. The number of aromatic nitrogens is 1. The number of imide groups is 1. The summed E-state index contributed by atoms with van der Waals surface area (Å²) >= 11 is 7.26. The Morgan fingerprint density at radius 3 is 2.42 bits per heavy atom.